The molecule has 0 saturated carbocycles. The zero-order valence-corrected chi connectivity index (χ0v) is 15.2. The Kier molecular flexibility index (Phi) is 6.64. The van der Waals surface area contributed by atoms with Crippen molar-refractivity contribution in [3.05, 3.63) is 46.4 Å². The highest BCUT2D eigenvalue weighted by molar-refractivity contribution is 9.10. The van der Waals surface area contributed by atoms with Gasteiger partial charge in [0.05, 0.1) is 24.9 Å². The second-order valence-corrected chi connectivity index (χ2v) is 5.64. The Labute approximate surface area is 153 Å². The maximum Gasteiger partial charge on any atom is 0.277 e. The molecule has 0 radical (unpaired) electrons. The largest absolute Gasteiger partial charge is 0.503 e. The lowest BCUT2D eigenvalue weighted by molar-refractivity contribution is -0.123. The number of nitrogens with zero attached hydrogens (tertiary/aromatic N) is 1. The number of hydrazone groups is 1. The van der Waals surface area contributed by atoms with Crippen molar-refractivity contribution in [2.45, 2.75) is 0 Å². The Morgan fingerprint density at radius 1 is 1.20 bits per heavy atom. The molecule has 0 heterocycles. The molecule has 7 nitrogen and oxygen atoms in total. The Morgan fingerprint density at radius 3 is 2.56 bits per heavy atom. The molecule has 0 saturated heterocycles. The molecule has 0 spiro atoms. The molecule has 0 aliphatic heterocycles. The van der Waals surface area contributed by atoms with Gasteiger partial charge >= 0.3 is 0 Å². The Balaban J connectivity index is 1.91. The fourth-order valence-corrected chi connectivity index (χ4v) is 2.38. The first kappa shape index (κ1) is 18.6. The number of nitrogens with one attached hydrogen (secondary N) is 1. The first-order valence-corrected chi connectivity index (χ1v) is 7.98. The van der Waals surface area contributed by atoms with Crippen LogP contribution in [0.1, 0.15) is 5.56 Å². The van der Waals surface area contributed by atoms with Crippen molar-refractivity contribution in [3.63, 3.8) is 0 Å². The van der Waals surface area contributed by atoms with Gasteiger partial charge < -0.3 is 19.3 Å². The van der Waals surface area contributed by atoms with Crippen LogP contribution < -0.4 is 19.6 Å². The molecular formula is C17H17BrN2O5. The van der Waals surface area contributed by atoms with Gasteiger partial charge in [0.15, 0.2) is 29.6 Å². The maximum absolute atomic E-state index is 11.8. The fourth-order valence-electron chi connectivity index (χ4n) is 1.92. The predicted octanol–water partition coefficient (Wildman–Crippen LogP) is 2.70. The van der Waals surface area contributed by atoms with Crippen LogP contribution in [-0.2, 0) is 4.79 Å². The van der Waals surface area contributed by atoms with E-state index < -0.39 is 5.91 Å². The molecule has 1 amide bonds. The molecular weight excluding hydrogens is 392 g/mol. The average molecular weight is 409 g/mol. The molecule has 0 aliphatic rings. The Hall–Kier alpha value is -2.74. The van der Waals surface area contributed by atoms with Crippen molar-refractivity contribution in [3.8, 4) is 23.0 Å². The van der Waals surface area contributed by atoms with Crippen LogP contribution in [0.4, 0.5) is 0 Å². The topological polar surface area (TPSA) is 89.4 Å². The van der Waals surface area contributed by atoms with Crippen molar-refractivity contribution < 1.29 is 24.1 Å². The quantitative estimate of drug-likeness (QED) is 0.542. The molecule has 8 heteroatoms. The van der Waals surface area contributed by atoms with Crippen LogP contribution in [0.15, 0.2) is 46.0 Å². The second-order valence-electron chi connectivity index (χ2n) is 4.79. The smallest absolute Gasteiger partial charge is 0.277 e. The molecule has 0 bridgehead atoms. The summed E-state index contributed by atoms with van der Waals surface area (Å²) in [6.07, 6.45) is 1.42. The Morgan fingerprint density at radius 2 is 1.88 bits per heavy atom. The van der Waals surface area contributed by atoms with E-state index in [1.807, 2.05) is 0 Å². The molecule has 0 unspecified atom stereocenters. The molecule has 2 aromatic carbocycles. The van der Waals surface area contributed by atoms with E-state index in [1.54, 1.807) is 36.4 Å². The van der Waals surface area contributed by atoms with Gasteiger partial charge in [0.25, 0.3) is 5.91 Å². The average Bonchev–Trinajstić information content (AvgIpc) is 2.62. The zero-order valence-electron chi connectivity index (χ0n) is 13.7. The number of carbonyl (C=O) groups is 1. The first-order valence-electron chi connectivity index (χ1n) is 7.19. The van der Waals surface area contributed by atoms with Gasteiger partial charge in [-0.05, 0) is 45.8 Å². The lowest BCUT2D eigenvalue weighted by Crippen LogP contribution is -2.24. The number of carbonyl (C=O) groups excluding carboxylic acids is 1. The van der Waals surface area contributed by atoms with Crippen LogP contribution >= 0.6 is 15.9 Å². The molecule has 0 atom stereocenters. The molecule has 2 aromatic rings. The van der Waals surface area contributed by atoms with Crippen molar-refractivity contribution in [2.24, 2.45) is 5.10 Å². The van der Waals surface area contributed by atoms with E-state index in [1.165, 1.54) is 20.4 Å². The molecule has 0 aromatic heterocycles. The van der Waals surface area contributed by atoms with Gasteiger partial charge in [-0.3, -0.25) is 4.79 Å². The Bertz CT molecular complexity index is 780. The van der Waals surface area contributed by atoms with E-state index in [4.69, 9.17) is 14.2 Å². The number of halogens is 1. The van der Waals surface area contributed by atoms with Gasteiger partial charge in [0.1, 0.15) is 0 Å². The number of rotatable bonds is 7. The number of benzene rings is 2. The number of ether oxygens (including phenoxy) is 3. The van der Waals surface area contributed by atoms with E-state index in [9.17, 15) is 9.90 Å². The molecule has 2 rings (SSSR count). The maximum atomic E-state index is 11.8. The van der Waals surface area contributed by atoms with Crippen LogP contribution in [-0.4, -0.2) is 38.1 Å². The zero-order chi connectivity index (χ0) is 18.2. The fraction of sp³-hybridized carbons (Fsp3) is 0.176. The molecule has 2 N–H and O–H groups in total. The molecule has 0 fully saturated rings. The number of aromatic hydroxyl groups is 1. The first-order chi connectivity index (χ1) is 12.0. The van der Waals surface area contributed by atoms with E-state index in [-0.39, 0.29) is 12.4 Å². The molecule has 25 heavy (non-hydrogen) atoms. The SMILES string of the molecule is COc1ccccc1OCC(=O)N/N=C\c1cc(Br)c(O)c(OC)c1. The number of phenols is 1. The summed E-state index contributed by atoms with van der Waals surface area (Å²) in [6, 6.07) is 10.3. The van der Waals surface area contributed by atoms with E-state index >= 15 is 0 Å². The minimum atomic E-state index is -0.424. The highest BCUT2D eigenvalue weighted by atomic mass is 79.9. The van der Waals surface area contributed by atoms with E-state index in [2.05, 4.69) is 26.5 Å². The van der Waals surface area contributed by atoms with Gasteiger partial charge in [-0.2, -0.15) is 5.10 Å². The van der Waals surface area contributed by atoms with Crippen molar-refractivity contribution in [1.29, 1.82) is 0 Å². The van der Waals surface area contributed by atoms with Crippen molar-refractivity contribution >= 4 is 28.1 Å². The third-order valence-corrected chi connectivity index (χ3v) is 3.71. The highest BCUT2D eigenvalue weighted by Gasteiger charge is 2.08. The van der Waals surface area contributed by atoms with E-state index in [0.29, 0.717) is 27.3 Å². The van der Waals surface area contributed by atoms with Gasteiger partial charge in [0, 0.05) is 0 Å². The van der Waals surface area contributed by atoms with Crippen LogP contribution in [0.5, 0.6) is 23.0 Å². The van der Waals surface area contributed by atoms with Crippen LogP contribution in [0.3, 0.4) is 0 Å². The summed E-state index contributed by atoms with van der Waals surface area (Å²) < 4.78 is 16.0. The summed E-state index contributed by atoms with van der Waals surface area (Å²) in [6.45, 7) is -0.208. The third-order valence-electron chi connectivity index (χ3n) is 3.10. The summed E-state index contributed by atoms with van der Waals surface area (Å²) in [5.74, 6) is 0.874. The summed E-state index contributed by atoms with van der Waals surface area (Å²) >= 11 is 3.21. The minimum Gasteiger partial charge on any atom is -0.503 e. The highest BCUT2D eigenvalue weighted by Crippen LogP contribution is 2.34. The summed E-state index contributed by atoms with van der Waals surface area (Å²) in [5.41, 5.74) is 2.99. The van der Waals surface area contributed by atoms with Crippen molar-refractivity contribution in [1.82, 2.24) is 5.43 Å². The summed E-state index contributed by atoms with van der Waals surface area (Å²) in [4.78, 5) is 11.8. The van der Waals surface area contributed by atoms with Crippen LogP contribution in [0.2, 0.25) is 0 Å². The van der Waals surface area contributed by atoms with Crippen LogP contribution in [0, 0.1) is 0 Å². The number of methoxy groups -OCH3 is 2. The van der Waals surface area contributed by atoms with Gasteiger partial charge in [-0.15, -0.1) is 0 Å². The monoisotopic (exact) mass is 408 g/mol. The number of amides is 1. The number of hydrogen-bond donors (Lipinski definition) is 2. The summed E-state index contributed by atoms with van der Waals surface area (Å²) in [5, 5.41) is 13.6. The molecule has 132 valence electrons. The minimum absolute atomic E-state index is 0.00565. The number of hydrogen-bond acceptors (Lipinski definition) is 6. The van der Waals surface area contributed by atoms with Gasteiger partial charge in [0.2, 0.25) is 0 Å². The van der Waals surface area contributed by atoms with Gasteiger partial charge in [-0.25, -0.2) is 5.43 Å². The lowest BCUT2D eigenvalue weighted by Gasteiger charge is -2.09. The van der Waals surface area contributed by atoms with Crippen LogP contribution in [0.25, 0.3) is 0 Å². The summed E-state index contributed by atoms with van der Waals surface area (Å²) in [7, 11) is 2.97. The third kappa shape index (κ3) is 5.12. The number of phenolic OH excluding ortho intramolecular Hbond substituents is 1. The normalized spacial score (nSPS) is 10.5. The second kappa shape index (κ2) is 8.93. The number of para-hydroxylation sites is 2. The van der Waals surface area contributed by atoms with E-state index in [0.717, 1.165) is 0 Å². The lowest BCUT2D eigenvalue weighted by atomic mass is 10.2. The standard InChI is InChI=1S/C17H17BrN2O5/c1-23-13-5-3-4-6-14(13)25-10-16(21)20-19-9-11-7-12(18)17(22)15(8-11)24-2/h3-9,22H,10H2,1-2H3,(H,20,21)/b19-9-. The molecule has 0 aliphatic carbocycles. The van der Waals surface area contributed by atoms with Crippen molar-refractivity contribution in [2.75, 3.05) is 20.8 Å². The predicted molar refractivity (Wildman–Crippen MR) is 96.6 cm³/mol. The van der Waals surface area contributed by atoms with Gasteiger partial charge in [-0.1, -0.05) is 12.1 Å².